The van der Waals surface area contributed by atoms with Gasteiger partial charge < -0.3 is 14.6 Å². The summed E-state index contributed by atoms with van der Waals surface area (Å²) in [6.07, 6.45) is 3.01. The van der Waals surface area contributed by atoms with Crippen LogP contribution in [-0.2, 0) is 17.8 Å². The van der Waals surface area contributed by atoms with Crippen LogP contribution < -0.4 is 4.74 Å². The number of aliphatic hydroxyl groups is 1. The maximum absolute atomic E-state index is 10.4. The van der Waals surface area contributed by atoms with Gasteiger partial charge in [0, 0.05) is 12.6 Å². The highest BCUT2D eigenvalue weighted by Crippen LogP contribution is 2.21. The molecule has 0 aliphatic carbocycles. The Kier molecular flexibility index (Phi) is 7.06. The van der Waals surface area contributed by atoms with E-state index >= 15 is 0 Å². The van der Waals surface area contributed by atoms with Crippen LogP contribution in [0.1, 0.15) is 24.0 Å². The van der Waals surface area contributed by atoms with Gasteiger partial charge in [-0.1, -0.05) is 42.5 Å². The summed E-state index contributed by atoms with van der Waals surface area (Å²) in [6, 6.07) is 19.0. The lowest BCUT2D eigenvalue weighted by molar-refractivity contribution is 0.00788. The van der Waals surface area contributed by atoms with E-state index in [0.29, 0.717) is 25.8 Å². The number of nitrogens with zero attached hydrogens (tertiary/aromatic N) is 1. The van der Waals surface area contributed by atoms with Gasteiger partial charge in [0.05, 0.1) is 26.4 Å². The molecule has 1 N–H and O–H groups in total. The molecule has 26 heavy (non-hydrogen) atoms. The van der Waals surface area contributed by atoms with E-state index < -0.39 is 6.10 Å². The fourth-order valence-corrected chi connectivity index (χ4v) is 3.61. The van der Waals surface area contributed by atoms with Crippen molar-refractivity contribution in [1.82, 2.24) is 4.90 Å². The summed E-state index contributed by atoms with van der Waals surface area (Å²) in [5, 5.41) is 10.4. The number of hydrogen-bond donors (Lipinski definition) is 1. The first-order valence-corrected chi connectivity index (χ1v) is 9.41. The molecule has 140 valence electrons. The minimum absolute atomic E-state index is 0.362. The van der Waals surface area contributed by atoms with Gasteiger partial charge in [-0.15, -0.1) is 0 Å². The Bertz CT molecular complexity index is 644. The highest BCUT2D eigenvalue weighted by Gasteiger charge is 2.26. The van der Waals surface area contributed by atoms with Crippen LogP contribution in [0.15, 0.2) is 54.6 Å². The van der Waals surface area contributed by atoms with Crippen molar-refractivity contribution >= 4 is 0 Å². The Morgan fingerprint density at radius 2 is 1.85 bits per heavy atom. The number of rotatable bonds is 9. The van der Waals surface area contributed by atoms with Crippen molar-refractivity contribution in [3.63, 3.8) is 0 Å². The largest absolute Gasteiger partial charge is 0.497 e. The van der Waals surface area contributed by atoms with Gasteiger partial charge >= 0.3 is 0 Å². The lowest BCUT2D eigenvalue weighted by atomic mass is 10.0. The molecule has 0 amide bonds. The SMILES string of the molecule is COc1ccc(COCC(O)CN2CCCC2Cc2ccccc2)cc1. The van der Waals surface area contributed by atoms with Crippen LogP contribution in [-0.4, -0.2) is 49.0 Å². The molecule has 2 aromatic rings. The summed E-state index contributed by atoms with van der Waals surface area (Å²) in [6.45, 7) is 2.61. The Balaban J connectivity index is 1.41. The smallest absolute Gasteiger partial charge is 0.118 e. The normalized spacial score (nSPS) is 18.8. The van der Waals surface area contributed by atoms with Gasteiger partial charge in [-0.3, -0.25) is 4.90 Å². The quantitative estimate of drug-likeness (QED) is 0.750. The molecule has 3 rings (SSSR count). The third-order valence-corrected chi connectivity index (χ3v) is 5.00. The average molecular weight is 355 g/mol. The molecule has 0 bridgehead atoms. The van der Waals surface area contributed by atoms with Crippen molar-refractivity contribution in [2.24, 2.45) is 0 Å². The molecule has 2 aromatic carbocycles. The zero-order valence-electron chi connectivity index (χ0n) is 15.5. The number of β-amino-alcohol motifs (C(OH)–C–C–N with tert-alkyl or cyclic N) is 1. The van der Waals surface area contributed by atoms with E-state index in [1.165, 1.54) is 18.4 Å². The molecule has 0 aromatic heterocycles. The lowest BCUT2D eigenvalue weighted by Crippen LogP contribution is -2.39. The minimum atomic E-state index is -0.454. The highest BCUT2D eigenvalue weighted by atomic mass is 16.5. The number of methoxy groups -OCH3 is 1. The first-order chi connectivity index (χ1) is 12.7. The monoisotopic (exact) mass is 355 g/mol. The van der Waals surface area contributed by atoms with Crippen LogP contribution in [0.3, 0.4) is 0 Å². The third-order valence-electron chi connectivity index (χ3n) is 5.00. The standard InChI is InChI=1S/C22H29NO3/c1-25-22-11-9-19(10-12-22)16-26-17-21(24)15-23-13-5-8-20(23)14-18-6-3-2-4-7-18/h2-4,6-7,9-12,20-21,24H,5,8,13-17H2,1H3. The molecule has 4 heteroatoms. The van der Waals surface area contributed by atoms with E-state index in [1.807, 2.05) is 24.3 Å². The summed E-state index contributed by atoms with van der Waals surface area (Å²) < 4.78 is 10.9. The van der Waals surface area contributed by atoms with Gasteiger partial charge in [0.25, 0.3) is 0 Å². The Morgan fingerprint density at radius 1 is 1.08 bits per heavy atom. The molecule has 1 aliphatic heterocycles. The summed E-state index contributed by atoms with van der Waals surface area (Å²) in [5.41, 5.74) is 2.45. The minimum Gasteiger partial charge on any atom is -0.497 e. The number of likely N-dealkylation sites (tertiary alicyclic amines) is 1. The third kappa shape index (κ3) is 5.56. The van der Waals surface area contributed by atoms with Gasteiger partial charge in [0.2, 0.25) is 0 Å². The van der Waals surface area contributed by atoms with E-state index in [2.05, 4.69) is 35.2 Å². The highest BCUT2D eigenvalue weighted by molar-refractivity contribution is 5.26. The molecule has 1 fully saturated rings. The van der Waals surface area contributed by atoms with Crippen molar-refractivity contribution in [3.8, 4) is 5.75 Å². The van der Waals surface area contributed by atoms with Crippen LogP contribution in [0, 0.1) is 0 Å². The summed E-state index contributed by atoms with van der Waals surface area (Å²) in [7, 11) is 1.66. The molecular formula is C22H29NO3. The zero-order chi connectivity index (χ0) is 18.2. The summed E-state index contributed by atoms with van der Waals surface area (Å²) in [5.74, 6) is 0.840. The van der Waals surface area contributed by atoms with E-state index in [1.54, 1.807) is 7.11 Å². The zero-order valence-corrected chi connectivity index (χ0v) is 15.5. The number of hydrogen-bond acceptors (Lipinski definition) is 4. The first-order valence-electron chi connectivity index (χ1n) is 9.41. The van der Waals surface area contributed by atoms with Gasteiger partial charge in [0.1, 0.15) is 5.75 Å². The van der Waals surface area contributed by atoms with Crippen LogP contribution in [0.25, 0.3) is 0 Å². The van der Waals surface area contributed by atoms with Crippen LogP contribution in [0.2, 0.25) is 0 Å². The molecule has 1 saturated heterocycles. The van der Waals surface area contributed by atoms with Gasteiger partial charge in [0.15, 0.2) is 0 Å². The summed E-state index contributed by atoms with van der Waals surface area (Å²) >= 11 is 0. The van der Waals surface area contributed by atoms with Crippen LogP contribution in [0.5, 0.6) is 5.75 Å². The molecule has 2 unspecified atom stereocenters. The second kappa shape index (κ2) is 9.72. The number of ether oxygens (including phenoxy) is 2. The van der Waals surface area contributed by atoms with Gasteiger partial charge in [-0.2, -0.15) is 0 Å². The topological polar surface area (TPSA) is 41.9 Å². The molecule has 0 radical (unpaired) electrons. The Hall–Kier alpha value is -1.88. The maximum Gasteiger partial charge on any atom is 0.118 e. The van der Waals surface area contributed by atoms with Crippen molar-refractivity contribution < 1.29 is 14.6 Å². The van der Waals surface area contributed by atoms with E-state index in [4.69, 9.17) is 9.47 Å². The van der Waals surface area contributed by atoms with Gasteiger partial charge in [-0.25, -0.2) is 0 Å². The van der Waals surface area contributed by atoms with Crippen molar-refractivity contribution in [1.29, 1.82) is 0 Å². The first kappa shape index (κ1) is 18.9. The van der Waals surface area contributed by atoms with E-state index in [9.17, 15) is 5.11 Å². The van der Waals surface area contributed by atoms with Crippen molar-refractivity contribution in [3.05, 3.63) is 65.7 Å². The fraction of sp³-hybridized carbons (Fsp3) is 0.455. The molecule has 2 atom stereocenters. The van der Waals surface area contributed by atoms with Crippen molar-refractivity contribution in [2.45, 2.75) is 38.0 Å². The Labute approximate surface area is 156 Å². The maximum atomic E-state index is 10.4. The lowest BCUT2D eigenvalue weighted by Gasteiger charge is -2.27. The van der Waals surface area contributed by atoms with Gasteiger partial charge in [-0.05, 0) is 49.1 Å². The second-order valence-electron chi connectivity index (χ2n) is 7.00. The summed E-state index contributed by atoms with van der Waals surface area (Å²) in [4.78, 5) is 2.41. The molecule has 0 saturated carbocycles. The Morgan fingerprint density at radius 3 is 2.58 bits per heavy atom. The molecule has 1 aliphatic rings. The van der Waals surface area contributed by atoms with Crippen LogP contribution >= 0.6 is 0 Å². The fourth-order valence-electron chi connectivity index (χ4n) is 3.61. The number of benzene rings is 2. The molecule has 4 nitrogen and oxygen atoms in total. The van der Waals surface area contributed by atoms with Crippen LogP contribution in [0.4, 0.5) is 0 Å². The predicted octanol–water partition coefficient (Wildman–Crippen LogP) is 3.28. The molecular weight excluding hydrogens is 326 g/mol. The molecule has 0 spiro atoms. The second-order valence-corrected chi connectivity index (χ2v) is 7.00. The van der Waals surface area contributed by atoms with Crippen molar-refractivity contribution in [2.75, 3.05) is 26.8 Å². The van der Waals surface area contributed by atoms with E-state index in [-0.39, 0.29) is 0 Å². The molecule has 1 heterocycles. The predicted molar refractivity (Wildman–Crippen MR) is 103 cm³/mol. The average Bonchev–Trinajstić information content (AvgIpc) is 3.09. The number of aliphatic hydroxyl groups excluding tert-OH is 1. The van der Waals surface area contributed by atoms with E-state index in [0.717, 1.165) is 24.3 Å².